The number of piperidine rings is 1. The van der Waals surface area contributed by atoms with E-state index in [9.17, 15) is 14.4 Å². The first kappa shape index (κ1) is 16.1. The minimum absolute atomic E-state index is 0.116. The molecule has 1 unspecified atom stereocenters. The molecule has 1 aromatic heterocycles. The summed E-state index contributed by atoms with van der Waals surface area (Å²) in [5.74, 6) is -1.03. The van der Waals surface area contributed by atoms with Gasteiger partial charge in [-0.15, -0.1) is 0 Å². The number of furan rings is 1. The average Bonchev–Trinajstić information content (AvgIpc) is 3.07. The van der Waals surface area contributed by atoms with Crippen LogP contribution in [0.15, 0.2) is 22.8 Å². The smallest absolute Gasteiger partial charge is 0.310 e. The molecular formula is C15H20N2O5. The molecular weight excluding hydrogens is 288 g/mol. The summed E-state index contributed by atoms with van der Waals surface area (Å²) in [6.45, 7) is 2.91. The van der Waals surface area contributed by atoms with Gasteiger partial charge in [0.25, 0.3) is 5.91 Å². The molecule has 1 N–H and O–H groups in total. The van der Waals surface area contributed by atoms with E-state index >= 15 is 0 Å². The fourth-order valence-electron chi connectivity index (χ4n) is 2.42. The molecule has 2 heterocycles. The summed E-state index contributed by atoms with van der Waals surface area (Å²) in [4.78, 5) is 37.2. The van der Waals surface area contributed by atoms with Crippen molar-refractivity contribution in [2.75, 3.05) is 26.2 Å². The Morgan fingerprint density at radius 1 is 1.45 bits per heavy atom. The van der Waals surface area contributed by atoms with Gasteiger partial charge in [0.15, 0.2) is 5.76 Å². The first-order valence-electron chi connectivity index (χ1n) is 7.38. The maximum atomic E-state index is 12.1. The molecule has 1 atom stereocenters. The van der Waals surface area contributed by atoms with Crippen LogP contribution < -0.4 is 5.32 Å². The fourth-order valence-corrected chi connectivity index (χ4v) is 2.42. The lowest BCUT2D eigenvalue weighted by Gasteiger charge is -2.31. The zero-order valence-corrected chi connectivity index (χ0v) is 12.5. The number of hydrogen-bond donors (Lipinski definition) is 1. The van der Waals surface area contributed by atoms with Crippen LogP contribution in [0.4, 0.5) is 0 Å². The van der Waals surface area contributed by atoms with E-state index in [1.165, 1.54) is 12.3 Å². The summed E-state index contributed by atoms with van der Waals surface area (Å²) in [7, 11) is 0. The normalized spacial score (nSPS) is 17.9. The summed E-state index contributed by atoms with van der Waals surface area (Å²) < 4.78 is 9.95. The number of carbonyl (C=O) groups excluding carboxylic acids is 3. The van der Waals surface area contributed by atoms with E-state index in [2.05, 4.69) is 5.32 Å². The molecule has 2 amide bonds. The highest BCUT2D eigenvalue weighted by Crippen LogP contribution is 2.17. The van der Waals surface area contributed by atoms with Crippen molar-refractivity contribution in [3.8, 4) is 0 Å². The minimum Gasteiger partial charge on any atom is -0.466 e. The number of esters is 1. The van der Waals surface area contributed by atoms with Crippen molar-refractivity contribution in [3.63, 3.8) is 0 Å². The average molecular weight is 308 g/mol. The molecule has 1 fully saturated rings. The van der Waals surface area contributed by atoms with Gasteiger partial charge in [0, 0.05) is 13.1 Å². The van der Waals surface area contributed by atoms with Crippen LogP contribution in [0.25, 0.3) is 0 Å². The van der Waals surface area contributed by atoms with Gasteiger partial charge in [-0.25, -0.2) is 0 Å². The van der Waals surface area contributed by atoms with Crippen LogP contribution in [0.3, 0.4) is 0 Å². The molecule has 7 heteroatoms. The van der Waals surface area contributed by atoms with Crippen LogP contribution in [-0.2, 0) is 14.3 Å². The van der Waals surface area contributed by atoms with Crippen LogP contribution in [0.2, 0.25) is 0 Å². The Hall–Kier alpha value is -2.31. The maximum absolute atomic E-state index is 12.1. The van der Waals surface area contributed by atoms with Crippen LogP contribution >= 0.6 is 0 Å². The number of carbonyl (C=O) groups is 3. The minimum atomic E-state index is -0.433. The zero-order chi connectivity index (χ0) is 15.9. The predicted octanol–water partition coefficient (Wildman–Crippen LogP) is 0.811. The molecule has 1 aliphatic heterocycles. The van der Waals surface area contributed by atoms with E-state index in [1.54, 1.807) is 17.9 Å². The summed E-state index contributed by atoms with van der Waals surface area (Å²) in [5.41, 5.74) is 0. The van der Waals surface area contributed by atoms with Crippen molar-refractivity contribution in [2.45, 2.75) is 19.8 Å². The number of likely N-dealkylation sites (tertiary alicyclic amines) is 1. The lowest BCUT2D eigenvalue weighted by atomic mass is 9.98. The van der Waals surface area contributed by atoms with Crippen molar-refractivity contribution in [1.29, 1.82) is 0 Å². The largest absolute Gasteiger partial charge is 0.466 e. The second kappa shape index (κ2) is 7.63. The Labute approximate surface area is 128 Å². The van der Waals surface area contributed by atoms with Gasteiger partial charge in [0.05, 0.1) is 25.3 Å². The number of ether oxygens (including phenoxy) is 1. The lowest BCUT2D eigenvalue weighted by molar-refractivity contribution is -0.151. The Morgan fingerprint density at radius 3 is 2.95 bits per heavy atom. The summed E-state index contributed by atoms with van der Waals surface area (Å²) >= 11 is 0. The molecule has 2 rings (SSSR count). The highest BCUT2D eigenvalue weighted by Gasteiger charge is 2.29. The van der Waals surface area contributed by atoms with E-state index in [1.807, 2.05) is 0 Å². The van der Waals surface area contributed by atoms with Crippen molar-refractivity contribution in [2.24, 2.45) is 5.92 Å². The molecule has 0 bridgehead atoms. The summed E-state index contributed by atoms with van der Waals surface area (Å²) in [5, 5.41) is 2.51. The number of nitrogens with one attached hydrogen (secondary N) is 1. The van der Waals surface area contributed by atoms with Gasteiger partial charge in [0.2, 0.25) is 5.91 Å². The van der Waals surface area contributed by atoms with Crippen molar-refractivity contribution < 1.29 is 23.5 Å². The summed E-state index contributed by atoms with van der Waals surface area (Å²) in [6.07, 6.45) is 2.87. The number of rotatable bonds is 5. The third-order valence-electron chi connectivity index (χ3n) is 3.54. The maximum Gasteiger partial charge on any atom is 0.310 e. The Kier molecular flexibility index (Phi) is 5.57. The van der Waals surface area contributed by atoms with Crippen LogP contribution in [0.1, 0.15) is 30.3 Å². The SMILES string of the molecule is CCOC(=O)C1CCCN(C(=O)CNC(=O)c2ccco2)C1. The Bertz CT molecular complexity index is 526. The van der Waals surface area contributed by atoms with E-state index in [0.717, 1.165) is 12.8 Å². The van der Waals surface area contributed by atoms with Crippen LogP contribution in [0.5, 0.6) is 0 Å². The third kappa shape index (κ3) is 4.09. The molecule has 1 aromatic rings. The fraction of sp³-hybridized carbons (Fsp3) is 0.533. The predicted molar refractivity (Wildman–Crippen MR) is 77.0 cm³/mol. The highest BCUT2D eigenvalue weighted by atomic mass is 16.5. The molecule has 22 heavy (non-hydrogen) atoms. The molecule has 120 valence electrons. The molecule has 0 spiro atoms. The Balaban J connectivity index is 1.81. The second-order valence-corrected chi connectivity index (χ2v) is 5.09. The van der Waals surface area contributed by atoms with Crippen molar-refractivity contribution >= 4 is 17.8 Å². The number of amides is 2. The molecule has 0 saturated carbocycles. The molecule has 1 saturated heterocycles. The standard InChI is InChI=1S/C15H20N2O5/c1-2-21-15(20)11-5-3-7-17(10-11)13(18)9-16-14(19)12-6-4-8-22-12/h4,6,8,11H,2-3,5,7,9-10H2,1H3,(H,16,19). The number of nitrogens with zero attached hydrogens (tertiary/aromatic N) is 1. The van der Waals surface area contributed by atoms with Gasteiger partial charge in [-0.3, -0.25) is 14.4 Å². The van der Waals surface area contributed by atoms with Crippen LogP contribution in [-0.4, -0.2) is 48.9 Å². The number of hydrogen-bond acceptors (Lipinski definition) is 5. The molecule has 1 aliphatic rings. The van der Waals surface area contributed by atoms with Gasteiger partial charge in [0.1, 0.15) is 0 Å². The van der Waals surface area contributed by atoms with E-state index in [4.69, 9.17) is 9.15 Å². The molecule has 0 aromatic carbocycles. The van der Waals surface area contributed by atoms with E-state index in [-0.39, 0.29) is 30.1 Å². The zero-order valence-electron chi connectivity index (χ0n) is 12.5. The van der Waals surface area contributed by atoms with Crippen molar-refractivity contribution in [3.05, 3.63) is 24.2 Å². The molecule has 0 radical (unpaired) electrons. The monoisotopic (exact) mass is 308 g/mol. The Morgan fingerprint density at radius 2 is 2.27 bits per heavy atom. The van der Waals surface area contributed by atoms with Gasteiger partial charge in [-0.2, -0.15) is 0 Å². The first-order valence-corrected chi connectivity index (χ1v) is 7.38. The van der Waals surface area contributed by atoms with Crippen LogP contribution in [0, 0.1) is 5.92 Å². The second-order valence-electron chi connectivity index (χ2n) is 5.09. The van der Waals surface area contributed by atoms with Gasteiger partial charge in [-0.05, 0) is 31.9 Å². The van der Waals surface area contributed by atoms with Gasteiger partial charge >= 0.3 is 5.97 Å². The molecule has 7 nitrogen and oxygen atoms in total. The van der Waals surface area contributed by atoms with Crippen molar-refractivity contribution in [1.82, 2.24) is 10.2 Å². The van der Waals surface area contributed by atoms with E-state index in [0.29, 0.717) is 19.7 Å². The molecule has 0 aliphatic carbocycles. The summed E-state index contributed by atoms with van der Waals surface area (Å²) in [6, 6.07) is 3.13. The quantitative estimate of drug-likeness (QED) is 0.813. The highest BCUT2D eigenvalue weighted by molar-refractivity contribution is 5.94. The van der Waals surface area contributed by atoms with Gasteiger partial charge < -0.3 is 19.4 Å². The van der Waals surface area contributed by atoms with Gasteiger partial charge in [-0.1, -0.05) is 0 Å². The topological polar surface area (TPSA) is 88.9 Å². The van der Waals surface area contributed by atoms with E-state index < -0.39 is 5.91 Å². The third-order valence-corrected chi connectivity index (χ3v) is 3.54. The first-order chi connectivity index (χ1) is 10.6. The lowest BCUT2D eigenvalue weighted by Crippen LogP contribution is -2.46.